The van der Waals surface area contributed by atoms with E-state index in [1.807, 2.05) is 24.3 Å². The van der Waals surface area contributed by atoms with Crippen LogP contribution in [0.1, 0.15) is 29.6 Å². The molecule has 148 valence electrons. The maximum atomic E-state index is 5.36. The van der Waals surface area contributed by atoms with E-state index in [1.165, 1.54) is 5.56 Å². The molecule has 0 aliphatic heterocycles. The first-order valence-electron chi connectivity index (χ1n) is 9.81. The number of benzene rings is 2. The van der Waals surface area contributed by atoms with Crippen molar-refractivity contribution < 1.29 is 4.74 Å². The molecule has 29 heavy (non-hydrogen) atoms. The van der Waals surface area contributed by atoms with Gasteiger partial charge in [-0.25, -0.2) is 0 Å². The number of aryl methyl sites for hydroxylation is 2. The van der Waals surface area contributed by atoms with Crippen molar-refractivity contribution in [3.8, 4) is 5.95 Å². The number of nitrogens with one attached hydrogen (secondary N) is 1. The highest BCUT2D eigenvalue weighted by Gasteiger charge is 2.15. The second-order valence-electron chi connectivity index (χ2n) is 6.97. The Labute approximate surface area is 170 Å². The van der Waals surface area contributed by atoms with Gasteiger partial charge in [0, 0.05) is 31.2 Å². The summed E-state index contributed by atoms with van der Waals surface area (Å²) in [5, 5.41) is 4.50. The number of aromatic nitrogens is 4. The summed E-state index contributed by atoms with van der Waals surface area (Å²) in [6.07, 6.45) is 0.739. The Morgan fingerprint density at radius 2 is 1.83 bits per heavy atom. The molecule has 4 aromatic rings. The summed E-state index contributed by atoms with van der Waals surface area (Å²) < 4.78 is 7.45. The third-order valence-electron chi connectivity index (χ3n) is 4.90. The van der Waals surface area contributed by atoms with Crippen LogP contribution in [0.2, 0.25) is 0 Å². The lowest BCUT2D eigenvalue weighted by atomic mass is 10.1. The lowest BCUT2D eigenvalue weighted by Crippen LogP contribution is -2.12. The summed E-state index contributed by atoms with van der Waals surface area (Å²) in [5.41, 5.74) is 4.48. The SMILES string of the molecule is CCc1nc(NCc2ccccc2)nc(-n2c(C)cc3c(COC)cccc32)n1. The third kappa shape index (κ3) is 3.98. The minimum atomic E-state index is 0.572. The number of hydrogen-bond acceptors (Lipinski definition) is 5. The van der Waals surface area contributed by atoms with Gasteiger partial charge in [-0.05, 0) is 30.2 Å². The van der Waals surface area contributed by atoms with E-state index in [0.29, 0.717) is 25.0 Å². The molecule has 0 fully saturated rings. The van der Waals surface area contributed by atoms with E-state index < -0.39 is 0 Å². The van der Waals surface area contributed by atoms with Crippen molar-refractivity contribution in [2.45, 2.75) is 33.4 Å². The number of rotatable bonds is 7. The number of hydrogen-bond donors (Lipinski definition) is 1. The van der Waals surface area contributed by atoms with Crippen molar-refractivity contribution >= 4 is 16.9 Å². The lowest BCUT2D eigenvalue weighted by Gasteiger charge is -2.11. The van der Waals surface area contributed by atoms with Gasteiger partial charge in [0.15, 0.2) is 0 Å². The molecule has 2 heterocycles. The molecule has 6 nitrogen and oxygen atoms in total. The van der Waals surface area contributed by atoms with Gasteiger partial charge in [0.1, 0.15) is 5.82 Å². The third-order valence-corrected chi connectivity index (χ3v) is 4.90. The first kappa shape index (κ1) is 19.1. The quantitative estimate of drug-likeness (QED) is 0.508. The van der Waals surface area contributed by atoms with Crippen LogP contribution in [-0.4, -0.2) is 26.6 Å². The zero-order chi connectivity index (χ0) is 20.2. The Kier molecular flexibility index (Phi) is 5.53. The predicted octanol–water partition coefficient (Wildman–Crippen LogP) is 4.44. The number of fused-ring (bicyclic) bond motifs is 1. The van der Waals surface area contributed by atoms with Crippen LogP contribution < -0.4 is 5.32 Å². The Morgan fingerprint density at radius 3 is 2.59 bits per heavy atom. The van der Waals surface area contributed by atoms with Gasteiger partial charge in [0.25, 0.3) is 0 Å². The molecule has 0 aliphatic carbocycles. The summed E-state index contributed by atoms with van der Waals surface area (Å²) in [6, 6.07) is 18.6. The molecule has 0 radical (unpaired) electrons. The first-order chi connectivity index (χ1) is 14.2. The number of nitrogens with zero attached hydrogens (tertiary/aromatic N) is 4. The summed E-state index contributed by atoms with van der Waals surface area (Å²) >= 11 is 0. The van der Waals surface area contributed by atoms with Gasteiger partial charge in [-0.1, -0.05) is 49.4 Å². The fraction of sp³-hybridized carbons (Fsp3) is 0.261. The molecular formula is C23H25N5O. The molecule has 4 rings (SSSR count). The summed E-state index contributed by atoms with van der Waals surface area (Å²) in [5.74, 6) is 1.99. The van der Waals surface area contributed by atoms with Gasteiger partial charge >= 0.3 is 0 Å². The molecule has 0 atom stereocenters. The van der Waals surface area contributed by atoms with Gasteiger partial charge in [0.2, 0.25) is 11.9 Å². The Balaban J connectivity index is 1.75. The Morgan fingerprint density at radius 1 is 1.00 bits per heavy atom. The average molecular weight is 387 g/mol. The van der Waals surface area contributed by atoms with Crippen LogP contribution in [-0.2, 0) is 24.3 Å². The highest BCUT2D eigenvalue weighted by Crippen LogP contribution is 2.26. The summed E-state index contributed by atoms with van der Waals surface area (Å²) in [4.78, 5) is 14.0. The molecule has 0 amide bonds. The monoisotopic (exact) mass is 387 g/mol. The van der Waals surface area contributed by atoms with Crippen LogP contribution in [0.5, 0.6) is 0 Å². The molecule has 2 aromatic heterocycles. The normalized spacial score (nSPS) is 11.1. The molecule has 0 saturated carbocycles. The van der Waals surface area contributed by atoms with E-state index in [0.717, 1.165) is 34.4 Å². The van der Waals surface area contributed by atoms with Crippen LogP contribution in [0.3, 0.4) is 0 Å². The zero-order valence-electron chi connectivity index (χ0n) is 17.0. The Bertz CT molecular complexity index is 1120. The lowest BCUT2D eigenvalue weighted by molar-refractivity contribution is 0.186. The largest absolute Gasteiger partial charge is 0.380 e. The number of anilines is 1. The zero-order valence-corrected chi connectivity index (χ0v) is 17.0. The van der Waals surface area contributed by atoms with Gasteiger partial charge in [-0.15, -0.1) is 0 Å². The van der Waals surface area contributed by atoms with Crippen LogP contribution >= 0.6 is 0 Å². The van der Waals surface area contributed by atoms with Gasteiger partial charge in [0.05, 0.1) is 12.1 Å². The fourth-order valence-corrected chi connectivity index (χ4v) is 3.49. The maximum Gasteiger partial charge on any atom is 0.239 e. The van der Waals surface area contributed by atoms with Crippen molar-refractivity contribution in [3.63, 3.8) is 0 Å². The summed E-state index contributed by atoms with van der Waals surface area (Å²) in [7, 11) is 1.72. The van der Waals surface area contributed by atoms with Crippen molar-refractivity contribution in [2.24, 2.45) is 0 Å². The minimum absolute atomic E-state index is 0.572. The highest BCUT2D eigenvalue weighted by atomic mass is 16.5. The standard InChI is InChI=1S/C23H25N5O/c1-4-21-25-22(24-14-17-9-6-5-7-10-17)27-23(26-21)28-16(2)13-19-18(15-29-3)11-8-12-20(19)28/h5-13H,4,14-15H2,1-3H3,(H,24,25,26,27). The second kappa shape index (κ2) is 8.41. The minimum Gasteiger partial charge on any atom is -0.380 e. The molecule has 2 aromatic carbocycles. The van der Waals surface area contributed by atoms with Crippen LogP contribution in [0, 0.1) is 6.92 Å². The van der Waals surface area contributed by atoms with E-state index in [4.69, 9.17) is 14.7 Å². The molecular weight excluding hydrogens is 362 g/mol. The smallest absolute Gasteiger partial charge is 0.239 e. The fourth-order valence-electron chi connectivity index (χ4n) is 3.49. The van der Waals surface area contributed by atoms with Crippen molar-refractivity contribution in [2.75, 3.05) is 12.4 Å². The van der Waals surface area contributed by atoms with Gasteiger partial charge in [-0.3, -0.25) is 4.57 Å². The van der Waals surface area contributed by atoms with E-state index in [1.54, 1.807) is 7.11 Å². The molecule has 6 heteroatoms. The maximum absolute atomic E-state index is 5.36. The molecule has 0 bridgehead atoms. The Hall–Kier alpha value is -3.25. The van der Waals surface area contributed by atoms with Crippen LogP contribution in [0.15, 0.2) is 54.6 Å². The molecule has 0 saturated heterocycles. The number of methoxy groups -OCH3 is 1. The molecule has 1 N–H and O–H groups in total. The second-order valence-corrected chi connectivity index (χ2v) is 6.97. The van der Waals surface area contributed by atoms with E-state index in [9.17, 15) is 0 Å². The van der Waals surface area contributed by atoms with Gasteiger partial charge in [-0.2, -0.15) is 15.0 Å². The van der Waals surface area contributed by atoms with Crippen molar-refractivity contribution in [1.29, 1.82) is 0 Å². The van der Waals surface area contributed by atoms with E-state index >= 15 is 0 Å². The first-order valence-corrected chi connectivity index (χ1v) is 9.81. The van der Waals surface area contributed by atoms with Crippen LogP contribution in [0.4, 0.5) is 5.95 Å². The highest BCUT2D eigenvalue weighted by molar-refractivity contribution is 5.86. The number of ether oxygens (including phenoxy) is 1. The molecule has 0 spiro atoms. The topological polar surface area (TPSA) is 64.9 Å². The van der Waals surface area contributed by atoms with Crippen molar-refractivity contribution in [1.82, 2.24) is 19.5 Å². The van der Waals surface area contributed by atoms with E-state index in [2.05, 4.69) is 59.0 Å². The van der Waals surface area contributed by atoms with Crippen LogP contribution in [0.25, 0.3) is 16.9 Å². The molecule has 0 unspecified atom stereocenters. The van der Waals surface area contributed by atoms with Crippen molar-refractivity contribution in [3.05, 3.63) is 77.2 Å². The average Bonchev–Trinajstić information content (AvgIpc) is 3.10. The van der Waals surface area contributed by atoms with Gasteiger partial charge < -0.3 is 10.1 Å². The summed E-state index contributed by atoms with van der Waals surface area (Å²) in [6.45, 7) is 5.36. The predicted molar refractivity (Wildman–Crippen MR) is 115 cm³/mol. The molecule has 0 aliphatic rings. The van der Waals surface area contributed by atoms with E-state index in [-0.39, 0.29) is 0 Å².